The normalized spacial score (nSPS) is 13.1. The summed E-state index contributed by atoms with van der Waals surface area (Å²) in [5.74, 6) is 0.645. The molecule has 0 radical (unpaired) electrons. The minimum absolute atomic E-state index is 0.346. The molecule has 1 unspecified atom stereocenters. The number of nitrogens with two attached hydrogens (primary N) is 1. The van der Waals surface area contributed by atoms with Crippen molar-refractivity contribution in [2.45, 2.75) is 26.8 Å². The van der Waals surface area contributed by atoms with Crippen molar-refractivity contribution in [1.82, 2.24) is 9.88 Å². The van der Waals surface area contributed by atoms with Gasteiger partial charge in [0.1, 0.15) is 5.82 Å². The van der Waals surface area contributed by atoms with Crippen LogP contribution in [0.5, 0.6) is 0 Å². The second-order valence-corrected chi connectivity index (χ2v) is 3.38. The van der Waals surface area contributed by atoms with Gasteiger partial charge in [0.15, 0.2) is 0 Å². The summed E-state index contributed by atoms with van der Waals surface area (Å²) in [6.45, 7) is 8.55. The van der Waals surface area contributed by atoms with Gasteiger partial charge in [0.2, 0.25) is 0 Å². The van der Waals surface area contributed by atoms with Crippen LogP contribution < -0.4 is 5.73 Å². The lowest BCUT2D eigenvalue weighted by molar-refractivity contribution is 0.234. The number of nitrogens with zero attached hydrogens (tertiary/aromatic N) is 2. The molecule has 0 saturated carbocycles. The number of hydrogen-bond acceptors (Lipinski definition) is 3. The van der Waals surface area contributed by atoms with Gasteiger partial charge in [-0.15, -0.1) is 0 Å². The van der Waals surface area contributed by atoms with E-state index >= 15 is 0 Å². The second-order valence-electron chi connectivity index (χ2n) is 3.38. The Morgan fingerprint density at radius 3 is 2.57 bits per heavy atom. The quantitative estimate of drug-likeness (QED) is 0.796. The summed E-state index contributed by atoms with van der Waals surface area (Å²) in [5.41, 5.74) is 6.95. The molecule has 0 bridgehead atoms. The van der Waals surface area contributed by atoms with Crippen LogP contribution in [0.1, 0.15) is 32.4 Å². The average molecular weight is 193 g/mol. The molecule has 1 atom stereocenters. The lowest BCUT2D eigenvalue weighted by Gasteiger charge is -2.27. The van der Waals surface area contributed by atoms with Crippen LogP contribution in [0, 0.1) is 0 Å². The number of nitrogen functional groups attached to an aromatic ring is 1. The van der Waals surface area contributed by atoms with Gasteiger partial charge in [-0.2, -0.15) is 0 Å². The third-order valence-corrected chi connectivity index (χ3v) is 2.68. The van der Waals surface area contributed by atoms with Gasteiger partial charge in [-0.05, 0) is 26.1 Å². The summed E-state index contributed by atoms with van der Waals surface area (Å²) >= 11 is 0. The molecule has 0 fully saturated rings. The summed E-state index contributed by atoms with van der Waals surface area (Å²) in [6.07, 6.45) is 1.73. The first kappa shape index (κ1) is 11.0. The summed E-state index contributed by atoms with van der Waals surface area (Å²) < 4.78 is 0. The van der Waals surface area contributed by atoms with Crippen LogP contribution in [0.4, 0.5) is 5.82 Å². The van der Waals surface area contributed by atoms with Gasteiger partial charge in [-0.1, -0.05) is 19.9 Å². The SMILES string of the molecule is CCN(CC)C(C)c1cccnc1N. The molecule has 14 heavy (non-hydrogen) atoms. The molecule has 0 spiro atoms. The van der Waals surface area contributed by atoms with Crippen molar-refractivity contribution in [2.75, 3.05) is 18.8 Å². The molecule has 0 amide bonds. The highest BCUT2D eigenvalue weighted by Crippen LogP contribution is 2.22. The van der Waals surface area contributed by atoms with E-state index in [4.69, 9.17) is 5.73 Å². The Bertz CT molecular complexity index is 282. The van der Waals surface area contributed by atoms with Gasteiger partial charge in [0, 0.05) is 17.8 Å². The van der Waals surface area contributed by atoms with Gasteiger partial charge in [-0.25, -0.2) is 4.98 Å². The van der Waals surface area contributed by atoms with Gasteiger partial charge < -0.3 is 5.73 Å². The number of rotatable bonds is 4. The molecule has 1 aromatic rings. The van der Waals surface area contributed by atoms with Crippen molar-refractivity contribution < 1.29 is 0 Å². The monoisotopic (exact) mass is 193 g/mol. The fourth-order valence-electron chi connectivity index (χ4n) is 1.75. The molecule has 3 nitrogen and oxygen atoms in total. The Morgan fingerprint density at radius 1 is 1.43 bits per heavy atom. The number of anilines is 1. The van der Waals surface area contributed by atoms with E-state index in [0.717, 1.165) is 18.7 Å². The molecule has 0 aliphatic rings. The summed E-state index contributed by atoms with van der Waals surface area (Å²) in [4.78, 5) is 6.46. The van der Waals surface area contributed by atoms with E-state index in [9.17, 15) is 0 Å². The maximum absolute atomic E-state index is 5.83. The van der Waals surface area contributed by atoms with Crippen LogP contribution in [0.2, 0.25) is 0 Å². The van der Waals surface area contributed by atoms with E-state index in [0.29, 0.717) is 11.9 Å². The van der Waals surface area contributed by atoms with Crippen molar-refractivity contribution in [3.8, 4) is 0 Å². The smallest absolute Gasteiger partial charge is 0.128 e. The largest absolute Gasteiger partial charge is 0.383 e. The Kier molecular flexibility index (Phi) is 3.89. The molecule has 0 aromatic carbocycles. The van der Waals surface area contributed by atoms with Crippen LogP contribution in [0.15, 0.2) is 18.3 Å². The minimum atomic E-state index is 0.346. The number of pyridine rings is 1. The van der Waals surface area contributed by atoms with Crippen molar-refractivity contribution in [3.05, 3.63) is 23.9 Å². The lowest BCUT2D eigenvalue weighted by atomic mass is 10.1. The van der Waals surface area contributed by atoms with Gasteiger partial charge in [-0.3, -0.25) is 4.90 Å². The van der Waals surface area contributed by atoms with Crippen LogP contribution in [0.25, 0.3) is 0 Å². The zero-order valence-corrected chi connectivity index (χ0v) is 9.20. The fourth-order valence-corrected chi connectivity index (χ4v) is 1.75. The zero-order valence-electron chi connectivity index (χ0n) is 9.20. The zero-order chi connectivity index (χ0) is 10.6. The van der Waals surface area contributed by atoms with Crippen LogP contribution in [-0.4, -0.2) is 23.0 Å². The van der Waals surface area contributed by atoms with Gasteiger partial charge in [0.25, 0.3) is 0 Å². The summed E-state index contributed by atoms with van der Waals surface area (Å²) in [7, 11) is 0. The van der Waals surface area contributed by atoms with E-state index < -0.39 is 0 Å². The van der Waals surface area contributed by atoms with E-state index in [1.54, 1.807) is 6.20 Å². The standard InChI is InChI=1S/C11H19N3/c1-4-14(5-2)9(3)10-7-6-8-13-11(10)12/h6-9H,4-5H2,1-3H3,(H2,12,13). The van der Waals surface area contributed by atoms with Crippen LogP contribution >= 0.6 is 0 Å². The Labute approximate surface area is 85.9 Å². The highest BCUT2D eigenvalue weighted by molar-refractivity contribution is 5.40. The molecule has 1 aromatic heterocycles. The minimum Gasteiger partial charge on any atom is -0.383 e. The molecule has 1 heterocycles. The van der Waals surface area contributed by atoms with Crippen molar-refractivity contribution in [2.24, 2.45) is 0 Å². The van der Waals surface area contributed by atoms with Crippen molar-refractivity contribution >= 4 is 5.82 Å². The second kappa shape index (κ2) is 4.96. The third-order valence-electron chi connectivity index (χ3n) is 2.68. The van der Waals surface area contributed by atoms with Crippen LogP contribution in [-0.2, 0) is 0 Å². The molecule has 3 heteroatoms. The number of aromatic nitrogens is 1. The molecule has 1 rings (SSSR count). The molecule has 0 saturated heterocycles. The van der Waals surface area contributed by atoms with Gasteiger partial charge in [0.05, 0.1) is 0 Å². The molecular formula is C11H19N3. The highest BCUT2D eigenvalue weighted by Gasteiger charge is 2.14. The first-order chi connectivity index (χ1) is 6.70. The Morgan fingerprint density at radius 2 is 2.07 bits per heavy atom. The molecule has 0 aliphatic carbocycles. The Balaban J connectivity index is 2.88. The maximum Gasteiger partial charge on any atom is 0.128 e. The first-order valence-corrected chi connectivity index (χ1v) is 5.15. The van der Waals surface area contributed by atoms with Gasteiger partial charge >= 0.3 is 0 Å². The topological polar surface area (TPSA) is 42.2 Å². The Hall–Kier alpha value is -1.09. The average Bonchev–Trinajstić information content (AvgIpc) is 2.20. The highest BCUT2D eigenvalue weighted by atomic mass is 15.1. The first-order valence-electron chi connectivity index (χ1n) is 5.15. The van der Waals surface area contributed by atoms with E-state index in [1.165, 1.54) is 0 Å². The molecular weight excluding hydrogens is 174 g/mol. The predicted octanol–water partition coefficient (Wildman–Crippen LogP) is 2.07. The van der Waals surface area contributed by atoms with E-state index in [-0.39, 0.29) is 0 Å². The van der Waals surface area contributed by atoms with Crippen LogP contribution in [0.3, 0.4) is 0 Å². The summed E-state index contributed by atoms with van der Waals surface area (Å²) in [6, 6.07) is 4.33. The molecule has 78 valence electrons. The third kappa shape index (κ3) is 2.23. The van der Waals surface area contributed by atoms with Crippen molar-refractivity contribution in [1.29, 1.82) is 0 Å². The predicted molar refractivity (Wildman–Crippen MR) is 60.0 cm³/mol. The number of hydrogen-bond donors (Lipinski definition) is 1. The van der Waals surface area contributed by atoms with E-state index in [1.807, 2.05) is 12.1 Å². The van der Waals surface area contributed by atoms with E-state index in [2.05, 4.69) is 30.7 Å². The lowest BCUT2D eigenvalue weighted by Crippen LogP contribution is -2.27. The fraction of sp³-hybridized carbons (Fsp3) is 0.545. The summed E-state index contributed by atoms with van der Waals surface area (Å²) in [5, 5.41) is 0. The maximum atomic E-state index is 5.83. The molecule has 2 N–H and O–H groups in total. The van der Waals surface area contributed by atoms with Crippen molar-refractivity contribution in [3.63, 3.8) is 0 Å². The molecule has 0 aliphatic heterocycles.